The Bertz CT molecular complexity index is 2410. The highest BCUT2D eigenvalue weighted by atomic mass is 19.1. The van der Waals surface area contributed by atoms with Crippen molar-refractivity contribution in [3.63, 3.8) is 0 Å². The minimum absolute atomic E-state index is 0.218. The third kappa shape index (κ3) is 8.86. The Balaban J connectivity index is 0.000000174. The number of rotatable bonds is 9. The molecule has 2 saturated heterocycles. The van der Waals surface area contributed by atoms with Gasteiger partial charge in [-0.25, -0.2) is 28.7 Å². The van der Waals surface area contributed by atoms with Gasteiger partial charge in [0.25, 0.3) is 11.8 Å². The maximum atomic E-state index is 14.3. The first-order valence-electron chi connectivity index (χ1n) is 18.6. The van der Waals surface area contributed by atoms with Gasteiger partial charge in [-0.15, -0.1) is 0 Å². The van der Waals surface area contributed by atoms with Gasteiger partial charge in [0, 0.05) is 114 Å². The number of hydrogen-bond acceptors (Lipinski definition) is 12. The summed E-state index contributed by atoms with van der Waals surface area (Å²) in [5.74, 6) is 0.548. The van der Waals surface area contributed by atoms with Gasteiger partial charge >= 0.3 is 0 Å². The van der Waals surface area contributed by atoms with Crippen molar-refractivity contribution in [2.24, 2.45) is 0 Å². The van der Waals surface area contributed by atoms with Crippen molar-refractivity contribution in [1.29, 1.82) is 0 Å². The van der Waals surface area contributed by atoms with Gasteiger partial charge in [-0.3, -0.25) is 9.59 Å². The number of hydrogen-bond donors (Lipinski definition) is 4. The molecule has 0 atom stereocenters. The van der Waals surface area contributed by atoms with E-state index in [1.165, 1.54) is 31.6 Å². The fraction of sp³-hybridized carbons (Fsp3) is 0.333. The first-order valence-corrected chi connectivity index (χ1v) is 18.6. The summed E-state index contributed by atoms with van der Waals surface area (Å²) in [5.41, 5.74) is 3.05. The van der Waals surface area contributed by atoms with E-state index < -0.39 is 23.4 Å². The van der Waals surface area contributed by atoms with E-state index >= 15 is 0 Å². The van der Waals surface area contributed by atoms with E-state index in [9.17, 15) is 18.4 Å². The smallest absolute Gasteiger partial charge is 0.261 e. The standard InChI is InChI=1S/C20H23FN6O2.C19H21FN6O2/c1-3-29-17-9-18(26-6-4-22-5-7-26)23-10-15(17)20(28)25-14-8-16(21)19-24-13(2)11-27(19)12-14;1-12-10-26-11-13(7-15(20)18(26)23-12)24-19(27)14-9-22-17(8-16(14)28-2)25-5-3-21-4-6-25/h8-12,22H,3-7H2,1-2H3,(H,25,28);7-11,21H,3-6H2,1-2H3,(H,24,27). The lowest BCUT2D eigenvalue weighted by Gasteiger charge is -2.28. The molecule has 4 N–H and O–H groups in total. The topological polar surface area (TPSA) is 168 Å². The largest absolute Gasteiger partial charge is 0.496 e. The van der Waals surface area contributed by atoms with E-state index in [4.69, 9.17) is 9.47 Å². The molecule has 16 nitrogen and oxygen atoms in total. The first kappa shape index (κ1) is 38.9. The van der Waals surface area contributed by atoms with Gasteiger partial charge in [-0.2, -0.15) is 0 Å². The third-order valence-electron chi connectivity index (χ3n) is 9.36. The lowest BCUT2D eigenvalue weighted by Crippen LogP contribution is -2.43. The maximum absolute atomic E-state index is 14.3. The summed E-state index contributed by atoms with van der Waals surface area (Å²) in [5, 5.41) is 12.0. The number of piperazine rings is 2. The van der Waals surface area contributed by atoms with Crippen LogP contribution in [-0.2, 0) is 0 Å². The Morgan fingerprint density at radius 1 is 0.702 bits per heavy atom. The van der Waals surface area contributed by atoms with Crippen LogP contribution in [0.2, 0.25) is 0 Å². The summed E-state index contributed by atoms with van der Waals surface area (Å²) in [6.45, 7) is 12.7. The van der Waals surface area contributed by atoms with Crippen molar-refractivity contribution in [3.05, 3.63) is 95.6 Å². The van der Waals surface area contributed by atoms with Crippen molar-refractivity contribution in [3.8, 4) is 11.5 Å². The molecule has 2 amide bonds. The van der Waals surface area contributed by atoms with Crippen LogP contribution in [0.25, 0.3) is 11.3 Å². The minimum Gasteiger partial charge on any atom is -0.496 e. The molecule has 57 heavy (non-hydrogen) atoms. The van der Waals surface area contributed by atoms with Crippen LogP contribution in [-0.4, -0.2) is 107 Å². The van der Waals surface area contributed by atoms with Crippen LogP contribution >= 0.6 is 0 Å². The molecule has 0 bridgehead atoms. The van der Waals surface area contributed by atoms with Gasteiger partial charge in [0.05, 0.1) is 36.5 Å². The molecule has 6 aromatic heterocycles. The molecule has 298 valence electrons. The Morgan fingerprint density at radius 2 is 1.14 bits per heavy atom. The molecule has 0 saturated carbocycles. The molecule has 18 heteroatoms. The second-order valence-electron chi connectivity index (χ2n) is 13.5. The number of nitrogens with one attached hydrogen (secondary N) is 4. The number of amides is 2. The van der Waals surface area contributed by atoms with Crippen LogP contribution in [0.4, 0.5) is 31.8 Å². The van der Waals surface area contributed by atoms with Crippen molar-refractivity contribution in [2.75, 3.05) is 86.5 Å². The molecule has 2 fully saturated rings. The number of imidazole rings is 2. The Labute approximate surface area is 327 Å². The fourth-order valence-electron chi connectivity index (χ4n) is 6.66. The number of aryl methyl sites for hydroxylation is 2. The number of carbonyl (C=O) groups is 2. The zero-order valence-electron chi connectivity index (χ0n) is 32.1. The summed E-state index contributed by atoms with van der Waals surface area (Å²) < 4.78 is 42.7. The zero-order valence-corrected chi connectivity index (χ0v) is 32.1. The Morgan fingerprint density at radius 3 is 1.58 bits per heavy atom. The van der Waals surface area contributed by atoms with Crippen LogP contribution in [0.5, 0.6) is 11.5 Å². The predicted molar refractivity (Wildman–Crippen MR) is 212 cm³/mol. The van der Waals surface area contributed by atoms with E-state index in [0.717, 1.165) is 64.0 Å². The predicted octanol–water partition coefficient (Wildman–Crippen LogP) is 4.08. The molecule has 0 aliphatic carbocycles. The van der Waals surface area contributed by atoms with Gasteiger partial charge in [0.15, 0.2) is 22.9 Å². The summed E-state index contributed by atoms with van der Waals surface area (Å²) in [6.07, 6.45) is 9.63. The number of aromatic nitrogens is 6. The molecule has 0 unspecified atom stereocenters. The average molecular weight is 783 g/mol. The van der Waals surface area contributed by atoms with Crippen molar-refractivity contribution in [1.82, 2.24) is 39.4 Å². The second kappa shape index (κ2) is 17.2. The highest BCUT2D eigenvalue weighted by molar-refractivity contribution is 6.07. The maximum Gasteiger partial charge on any atom is 0.261 e. The monoisotopic (exact) mass is 782 g/mol. The van der Waals surface area contributed by atoms with Gasteiger partial charge < -0.3 is 49.3 Å². The average Bonchev–Trinajstić information content (AvgIpc) is 3.80. The number of fused-ring (bicyclic) bond motifs is 2. The number of anilines is 4. The van der Waals surface area contributed by atoms with Gasteiger partial charge in [0.2, 0.25) is 0 Å². The van der Waals surface area contributed by atoms with E-state index in [1.807, 2.05) is 6.92 Å². The lowest BCUT2D eigenvalue weighted by molar-refractivity contribution is 0.101. The molecule has 2 aliphatic heterocycles. The fourth-order valence-corrected chi connectivity index (χ4v) is 6.66. The molecule has 0 aromatic carbocycles. The van der Waals surface area contributed by atoms with E-state index in [2.05, 4.69) is 51.0 Å². The van der Waals surface area contributed by atoms with E-state index in [1.54, 1.807) is 59.6 Å². The lowest BCUT2D eigenvalue weighted by atomic mass is 10.2. The summed E-state index contributed by atoms with van der Waals surface area (Å²) >= 11 is 0. The number of pyridine rings is 4. The highest BCUT2D eigenvalue weighted by Gasteiger charge is 2.21. The second-order valence-corrected chi connectivity index (χ2v) is 13.5. The molecule has 2 aliphatic rings. The van der Waals surface area contributed by atoms with Crippen LogP contribution in [0, 0.1) is 25.5 Å². The first-order chi connectivity index (χ1) is 27.6. The normalized spacial score (nSPS) is 14.3. The third-order valence-corrected chi connectivity index (χ3v) is 9.36. The van der Waals surface area contributed by atoms with Crippen molar-refractivity contribution < 1.29 is 27.8 Å². The number of ether oxygens (including phenoxy) is 2. The van der Waals surface area contributed by atoms with E-state index in [-0.39, 0.29) is 16.9 Å². The van der Waals surface area contributed by atoms with Gasteiger partial charge in [-0.05, 0) is 20.8 Å². The summed E-state index contributed by atoms with van der Waals surface area (Å²) in [7, 11) is 1.51. The van der Waals surface area contributed by atoms with E-state index in [0.29, 0.717) is 46.4 Å². The minimum atomic E-state index is -0.509. The molecule has 8 rings (SSSR count). The molecule has 6 aromatic rings. The quantitative estimate of drug-likeness (QED) is 0.166. The highest BCUT2D eigenvalue weighted by Crippen LogP contribution is 2.27. The van der Waals surface area contributed by atoms with Crippen LogP contribution in [0.15, 0.2) is 61.4 Å². The summed E-state index contributed by atoms with van der Waals surface area (Å²) in [4.78, 5) is 46.9. The Kier molecular flexibility index (Phi) is 11.7. The molecule has 8 heterocycles. The number of halogens is 2. The molecule has 0 spiro atoms. The van der Waals surface area contributed by atoms with Crippen molar-refractivity contribution >= 4 is 46.1 Å². The SMILES string of the molecule is CCOc1cc(N2CCNCC2)ncc1C(=O)Nc1cc(F)c2nc(C)cn2c1.COc1cc(N2CCNCC2)ncc1C(=O)Nc1cc(F)c2nc(C)cn2c1. The number of methoxy groups -OCH3 is 1. The number of nitrogens with zero attached hydrogens (tertiary/aromatic N) is 8. The van der Waals surface area contributed by atoms with Crippen molar-refractivity contribution in [2.45, 2.75) is 20.8 Å². The van der Waals surface area contributed by atoms with Gasteiger partial charge in [0.1, 0.15) is 34.3 Å². The van der Waals surface area contributed by atoms with Gasteiger partial charge in [-0.1, -0.05) is 0 Å². The Hall–Kier alpha value is -6.40. The number of carbonyl (C=O) groups excluding carboxylic acids is 2. The van der Waals surface area contributed by atoms with Crippen LogP contribution < -0.4 is 40.5 Å². The zero-order chi connectivity index (χ0) is 40.1. The molecule has 0 radical (unpaired) electrons. The summed E-state index contributed by atoms with van der Waals surface area (Å²) in [6, 6.07) is 6.03. The van der Waals surface area contributed by atoms with Crippen LogP contribution in [0.1, 0.15) is 39.0 Å². The molecular formula is C39H44F2N12O4. The van der Waals surface area contributed by atoms with Crippen LogP contribution in [0.3, 0.4) is 0 Å². The molecular weight excluding hydrogens is 739 g/mol.